The molecule has 0 amide bonds. The van der Waals surface area contributed by atoms with E-state index < -0.39 is 0 Å². The van der Waals surface area contributed by atoms with Gasteiger partial charge in [-0.1, -0.05) is 43.6 Å². The van der Waals surface area contributed by atoms with Crippen LogP contribution in [-0.4, -0.2) is 18.6 Å². The van der Waals surface area contributed by atoms with Crippen LogP contribution in [0.25, 0.3) is 0 Å². The number of nitrogens with one attached hydrogen (secondary N) is 1. The monoisotopic (exact) mass is 281 g/mol. The highest BCUT2D eigenvalue weighted by Gasteiger charge is 2.38. The first kappa shape index (κ1) is 14.4. The van der Waals surface area contributed by atoms with E-state index >= 15 is 0 Å². The number of benzene rings is 1. The van der Waals surface area contributed by atoms with Crippen molar-refractivity contribution in [2.45, 2.75) is 39.3 Å². The van der Waals surface area contributed by atoms with Crippen LogP contribution in [0, 0.1) is 5.41 Å². The summed E-state index contributed by atoms with van der Waals surface area (Å²) in [7, 11) is 0. The molecule has 0 aliphatic carbocycles. The second kappa shape index (κ2) is 5.93. The molecule has 4 heteroatoms. The van der Waals surface area contributed by atoms with Crippen LogP contribution >= 0.6 is 11.6 Å². The average molecular weight is 282 g/mol. The summed E-state index contributed by atoms with van der Waals surface area (Å²) >= 11 is 6.04. The van der Waals surface area contributed by atoms with Crippen molar-refractivity contribution >= 4 is 17.6 Å². The van der Waals surface area contributed by atoms with Gasteiger partial charge in [0.05, 0.1) is 0 Å². The minimum absolute atomic E-state index is 0.0597. The molecule has 1 heterocycles. The summed E-state index contributed by atoms with van der Waals surface area (Å²) in [4.78, 5) is 12.2. The van der Waals surface area contributed by atoms with Crippen LogP contribution in [0.2, 0.25) is 5.02 Å². The topological polar surface area (TPSA) is 38.3 Å². The van der Waals surface area contributed by atoms with Gasteiger partial charge in [-0.05, 0) is 30.9 Å². The van der Waals surface area contributed by atoms with Crippen molar-refractivity contribution in [2.75, 3.05) is 6.54 Å². The van der Waals surface area contributed by atoms with Crippen molar-refractivity contribution in [3.05, 3.63) is 34.9 Å². The van der Waals surface area contributed by atoms with E-state index in [1.54, 1.807) is 6.07 Å². The molecule has 3 nitrogen and oxygen atoms in total. The molecule has 0 bridgehead atoms. The molecule has 1 unspecified atom stereocenters. The van der Waals surface area contributed by atoms with Gasteiger partial charge in [0.25, 0.3) is 0 Å². The highest BCUT2D eigenvalue weighted by atomic mass is 35.5. The molecule has 19 heavy (non-hydrogen) atoms. The number of carbonyl (C=O) groups is 1. The minimum atomic E-state index is -0.233. The molecule has 104 valence electrons. The zero-order chi connectivity index (χ0) is 13.9. The predicted octanol–water partition coefficient (Wildman–Crippen LogP) is 3.16. The van der Waals surface area contributed by atoms with Crippen molar-refractivity contribution in [1.82, 2.24) is 5.32 Å². The molecular formula is C15H20ClNO2. The van der Waals surface area contributed by atoms with Gasteiger partial charge in [0.15, 0.2) is 0 Å². The molecule has 0 radical (unpaired) electrons. The van der Waals surface area contributed by atoms with Gasteiger partial charge in [-0.25, -0.2) is 0 Å². The first-order valence-electron chi connectivity index (χ1n) is 6.64. The zero-order valence-corrected chi connectivity index (χ0v) is 12.2. The first-order valence-corrected chi connectivity index (χ1v) is 7.02. The molecule has 1 aliphatic rings. The maximum atomic E-state index is 12.2. The summed E-state index contributed by atoms with van der Waals surface area (Å²) in [6.07, 6.45) is 2.13. The summed E-state index contributed by atoms with van der Waals surface area (Å²) in [5.74, 6) is -0.190. The lowest BCUT2D eigenvalue weighted by molar-refractivity contribution is -0.151. The minimum Gasteiger partial charge on any atom is -0.460 e. The summed E-state index contributed by atoms with van der Waals surface area (Å²) < 4.78 is 5.40. The van der Waals surface area contributed by atoms with Crippen molar-refractivity contribution in [2.24, 2.45) is 5.41 Å². The number of halogens is 1. The van der Waals surface area contributed by atoms with Gasteiger partial charge in [-0.15, -0.1) is 0 Å². The predicted molar refractivity (Wildman–Crippen MR) is 76.1 cm³/mol. The molecule has 0 saturated carbocycles. The Bertz CT molecular complexity index is 459. The quantitative estimate of drug-likeness (QED) is 0.865. The van der Waals surface area contributed by atoms with E-state index in [2.05, 4.69) is 19.2 Å². The van der Waals surface area contributed by atoms with Crippen molar-refractivity contribution in [3.8, 4) is 0 Å². The molecule has 2 rings (SSSR count). The Hall–Kier alpha value is -1.06. The van der Waals surface area contributed by atoms with E-state index in [4.69, 9.17) is 16.3 Å². The fraction of sp³-hybridized carbons (Fsp3) is 0.533. The second-order valence-electron chi connectivity index (χ2n) is 5.68. The molecule has 1 aromatic rings. The molecule has 1 atom stereocenters. The molecule has 0 aromatic heterocycles. The van der Waals surface area contributed by atoms with Gasteiger partial charge in [0, 0.05) is 10.6 Å². The van der Waals surface area contributed by atoms with E-state index in [1.807, 2.05) is 18.2 Å². The lowest BCUT2D eigenvalue weighted by atomic mass is 9.77. The number of carbonyl (C=O) groups excluding carboxylic acids is 1. The highest BCUT2D eigenvalue weighted by Crippen LogP contribution is 2.31. The van der Waals surface area contributed by atoms with Gasteiger partial charge in [0.1, 0.15) is 12.6 Å². The molecule has 1 fully saturated rings. The molecule has 1 aliphatic heterocycles. The number of ether oxygens (including phenoxy) is 1. The number of hydrogen-bond acceptors (Lipinski definition) is 3. The Kier molecular flexibility index (Phi) is 4.48. The van der Waals surface area contributed by atoms with Gasteiger partial charge in [0.2, 0.25) is 0 Å². The summed E-state index contributed by atoms with van der Waals surface area (Å²) in [5, 5.41) is 3.88. The Morgan fingerprint density at radius 2 is 2.21 bits per heavy atom. The summed E-state index contributed by atoms with van der Waals surface area (Å²) in [6.45, 7) is 5.29. The van der Waals surface area contributed by atoms with Crippen LogP contribution in [0.1, 0.15) is 32.3 Å². The molecule has 1 aromatic carbocycles. The molecule has 1 N–H and O–H groups in total. The van der Waals surface area contributed by atoms with Crippen LogP contribution < -0.4 is 5.32 Å². The standard InChI is InChI=1S/C15H20ClNO2/c1-15(2)8-5-9-17-13(15)14(18)19-10-11-6-3-4-7-12(11)16/h3-4,6-7,13,17H,5,8-10H2,1-2H3. The third-order valence-corrected chi connectivity index (χ3v) is 4.06. The van der Waals surface area contributed by atoms with E-state index in [0.717, 1.165) is 24.9 Å². The Labute approximate surface area is 119 Å². The SMILES string of the molecule is CC1(C)CCCNC1C(=O)OCc1ccccc1Cl. The maximum absolute atomic E-state index is 12.2. The lowest BCUT2D eigenvalue weighted by Crippen LogP contribution is -2.52. The Morgan fingerprint density at radius 3 is 2.89 bits per heavy atom. The van der Waals surface area contributed by atoms with Crippen molar-refractivity contribution in [3.63, 3.8) is 0 Å². The van der Waals surface area contributed by atoms with Crippen molar-refractivity contribution < 1.29 is 9.53 Å². The average Bonchev–Trinajstić information content (AvgIpc) is 2.37. The number of esters is 1. The fourth-order valence-corrected chi connectivity index (χ4v) is 2.65. The second-order valence-corrected chi connectivity index (χ2v) is 6.09. The third-order valence-electron chi connectivity index (χ3n) is 3.69. The summed E-state index contributed by atoms with van der Waals surface area (Å²) in [6, 6.07) is 7.18. The number of rotatable bonds is 3. The normalized spacial score (nSPS) is 21.9. The highest BCUT2D eigenvalue weighted by molar-refractivity contribution is 6.31. The first-order chi connectivity index (χ1) is 9.00. The van der Waals surface area contributed by atoms with E-state index in [-0.39, 0.29) is 24.0 Å². The summed E-state index contributed by atoms with van der Waals surface area (Å²) in [5.41, 5.74) is 0.779. The van der Waals surface area contributed by atoms with Crippen LogP contribution in [0.4, 0.5) is 0 Å². The molecule has 0 spiro atoms. The van der Waals surface area contributed by atoms with Crippen LogP contribution in [-0.2, 0) is 16.1 Å². The van der Waals surface area contributed by atoms with E-state index in [1.165, 1.54) is 0 Å². The Balaban J connectivity index is 1.96. The Morgan fingerprint density at radius 1 is 1.47 bits per heavy atom. The van der Waals surface area contributed by atoms with Crippen LogP contribution in [0.3, 0.4) is 0 Å². The zero-order valence-electron chi connectivity index (χ0n) is 11.4. The van der Waals surface area contributed by atoms with Gasteiger partial charge < -0.3 is 10.1 Å². The van der Waals surface area contributed by atoms with Gasteiger partial charge in [-0.2, -0.15) is 0 Å². The largest absolute Gasteiger partial charge is 0.460 e. The lowest BCUT2D eigenvalue weighted by Gasteiger charge is -2.37. The van der Waals surface area contributed by atoms with Crippen LogP contribution in [0.15, 0.2) is 24.3 Å². The van der Waals surface area contributed by atoms with Gasteiger partial charge >= 0.3 is 5.97 Å². The van der Waals surface area contributed by atoms with Gasteiger partial charge in [-0.3, -0.25) is 4.79 Å². The number of piperidine rings is 1. The number of hydrogen-bond donors (Lipinski definition) is 1. The smallest absolute Gasteiger partial charge is 0.324 e. The van der Waals surface area contributed by atoms with Crippen LogP contribution in [0.5, 0.6) is 0 Å². The molecule has 1 saturated heterocycles. The fourth-order valence-electron chi connectivity index (χ4n) is 2.46. The van der Waals surface area contributed by atoms with E-state index in [0.29, 0.717) is 5.02 Å². The third kappa shape index (κ3) is 3.48. The maximum Gasteiger partial charge on any atom is 0.324 e. The van der Waals surface area contributed by atoms with E-state index in [9.17, 15) is 4.79 Å². The molecular weight excluding hydrogens is 262 g/mol. The van der Waals surface area contributed by atoms with Crippen molar-refractivity contribution in [1.29, 1.82) is 0 Å².